The van der Waals surface area contributed by atoms with Gasteiger partial charge in [0.2, 0.25) is 0 Å². The van der Waals surface area contributed by atoms with Crippen LogP contribution in [0.25, 0.3) is 0 Å². The van der Waals surface area contributed by atoms with Crippen molar-refractivity contribution in [2.45, 2.75) is 71.5 Å². The third-order valence-electron chi connectivity index (χ3n) is 4.57. The fourth-order valence-corrected chi connectivity index (χ4v) is 2.58. The number of rotatable bonds is 8. The van der Waals surface area contributed by atoms with Crippen LogP contribution in [0.4, 0.5) is 0 Å². The summed E-state index contributed by atoms with van der Waals surface area (Å²) in [4.78, 5) is 0. The Labute approximate surface area is 122 Å². The Bertz CT molecular complexity index is 271. The van der Waals surface area contributed by atoms with Crippen molar-refractivity contribution in [3.63, 3.8) is 0 Å². The second-order valence-electron chi connectivity index (χ2n) is 6.49. The largest absolute Gasteiger partial charge is 0.368 e. The molecular weight excluding hydrogens is 258 g/mol. The zero-order valence-corrected chi connectivity index (χ0v) is 13.0. The van der Waals surface area contributed by atoms with E-state index < -0.39 is 12.6 Å². The maximum absolute atomic E-state index is 9.92. The third kappa shape index (κ3) is 5.30. The fourth-order valence-electron chi connectivity index (χ4n) is 2.58. The van der Waals surface area contributed by atoms with Crippen molar-refractivity contribution in [2.24, 2.45) is 11.3 Å². The van der Waals surface area contributed by atoms with E-state index in [0.717, 1.165) is 32.1 Å². The molecule has 0 bridgehead atoms. The first-order valence-corrected chi connectivity index (χ1v) is 7.77. The molecule has 4 N–H and O–H groups in total. The van der Waals surface area contributed by atoms with Gasteiger partial charge >= 0.3 is 0 Å². The van der Waals surface area contributed by atoms with Crippen LogP contribution in [0.2, 0.25) is 0 Å². The molecular formula is C15H31NO4. The second-order valence-corrected chi connectivity index (χ2v) is 6.49. The Morgan fingerprint density at radius 1 is 1.20 bits per heavy atom. The monoisotopic (exact) mass is 289 g/mol. The smallest absolute Gasteiger partial charge is 0.159 e. The summed E-state index contributed by atoms with van der Waals surface area (Å²) >= 11 is 0. The minimum atomic E-state index is -1.25. The molecule has 0 spiro atoms. The van der Waals surface area contributed by atoms with E-state index in [0.29, 0.717) is 13.2 Å². The number of hydrogen-bond donors (Lipinski definition) is 4. The van der Waals surface area contributed by atoms with Crippen LogP contribution >= 0.6 is 0 Å². The van der Waals surface area contributed by atoms with E-state index in [2.05, 4.69) is 5.32 Å². The lowest BCUT2D eigenvalue weighted by atomic mass is 9.84. The lowest BCUT2D eigenvalue weighted by Crippen LogP contribution is -2.45. The average Bonchev–Trinajstić information content (AvgIpc) is 2.43. The van der Waals surface area contributed by atoms with Crippen LogP contribution in [-0.4, -0.2) is 47.1 Å². The van der Waals surface area contributed by atoms with Gasteiger partial charge in [-0.2, -0.15) is 0 Å². The van der Waals surface area contributed by atoms with Crippen LogP contribution in [0.5, 0.6) is 0 Å². The van der Waals surface area contributed by atoms with E-state index in [-0.39, 0.29) is 17.4 Å². The predicted octanol–water partition coefficient (Wildman–Crippen LogP) is 1.22. The fraction of sp³-hybridized carbons (Fsp3) is 1.00. The van der Waals surface area contributed by atoms with Crippen molar-refractivity contribution >= 4 is 0 Å². The number of hydrogen-bond acceptors (Lipinski definition) is 5. The van der Waals surface area contributed by atoms with Gasteiger partial charge in [0.1, 0.15) is 0 Å². The van der Waals surface area contributed by atoms with Gasteiger partial charge in [-0.15, -0.1) is 0 Å². The van der Waals surface area contributed by atoms with Gasteiger partial charge in [-0.25, -0.2) is 0 Å². The number of nitrogens with one attached hydrogen (secondary N) is 1. The quantitative estimate of drug-likeness (QED) is 0.399. The summed E-state index contributed by atoms with van der Waals surface area (Å²) in [5.41, 5.74) is -0.241. The van der Waals surface area contributed by atoms with E-state index in [9.17, 15) is 15.3 Å². The van der Waals surface area contributed by atoms with Gasteiger partial charge in [0.05, 0.1) is 6.61 Å². The molecule has 1 fully saturated rings. The van der Waals surface area contributed by atoms with Crippen LogP contribution < -0.4 is 5.32 Å². The van der Waals surface area contributed by atoms with Gasteiger partial charge in [0.25, 0.3) is 0 Å². The highest BCUT2D eigenvalue weighted by molar-refractivity contribution is 4.82. The van der Waals surface area contributed by atoms with E-state index >= 15 is 0 Å². The maximum Gasteiger partial charge on any atom is 0.159 e. The Morgan fingerprint density at radius 2 is 1.85 bits per heavy atom. The van der Waals surface area contributed by atoms with Crippen LogP contribution in [-0.2, 0) is 4.74 Å². The molecule has 0 heterocycles. The van der Waals surface area contributed by atoms with Crippen molar-refractivity contribution < 1.29 is 20.1 Å². The van der Waals surface area contributed by atoms with Crippen molar-refractivity contribution in [3.05, 3.63) is 0 Å². The van der Waals surface area contributed by atoms with Crippen molar-refractivity contribution in [1.82, 2.24) is 5.32 Å². The van der Waals surface area contributed by atoms with Gasteiger partial charge in [0, 0.05) is 23.9 Å². The van der Waals surface area contributed by atoms with Crippen LogP contribution in [0.3, 0.4) is 0 Å². The molecule has 3 unspecified atom stereocenters. The molecule has 20 heavy (non-hydrogen) atoms. The standard InChI is InChI=1S/C15H31NO4/c1-4-15(2,3)14(19)20-10-9-16-12-8-6-5-7-11(12)13(17)18/h11-14,16-19H,4-10H2,1-3H3. The molecule has 5 heteroatoms. The summed E-state index contributed by atoms with van der Waals surface area (Å²) in [5.74, 6) is -0.0965. The highest BCUT2D eigenvalue weighted by Crippen LogP contribution is 2.27. The molecule has 0 aromatic carbocycles. The molecule has 0 saturated heterocycles. The van der Waals surface area contributed by atoms with E-state index in [4.69, 9.17) is 4.74 Å². The van der Waals surface area contributed by atoms with Gasteiger partial charge in [0.15, 0.2) is 12.6 Å². The molecule has 3 atom stereocenters. The molecule has 0 aromatic heterocycles. The molecule has 1 aliphatic rings. The molecule has 1 aliphatic carbocycles. The van der Waals surface area contributed by atoms with Gasteiger partial charge in [-0.05, 0) is 19.3 Å². The Balaban J connectivity index is 2.26. The number of aliphatic hydroxyl groups excluding tert-OH is 2. The normalized spacial score (nSPS) is 25.9. The van der Waals surface area contributed by atoms with E-state index in [1.165, 1.54) is 0 Å². The average molecular weight is 289 g/mol. The van der Waals surface area contributed by atoms with E-state index in [1.54, 1.807) is 0 Å². The summed E-state index contributed by atoms with van der Waals surface area (Å²) in [6.45, 7) is 7.02. The molecule has 120 valence electrons. The molecule has 1 rings (SSSR count). The minimum Gasteiger partial charge on any atom is -0.368 e. The zero-order valence-electron chi connectivity index (χ0n) is 13.0. The summed E-state index contributed by atoms with van der Waals surface area (Å²) in [7, 11) is 0. The highest BCUT2D eigenvalue weighted by atomic mass is 16.6. The third-order valence-corrected chi connectivity index (χ3v) is 4.57. The number of ether oxygens (including phenoxy) is 1. The summed E-state index contributed by atoms with van der Waals surface area (Å²) in [6, 6.07) is 0.128. The van der Waals surface area contributed by atoms with Crippen LogP contribution in [0, 0.1) is 11.3 Å². The van der Waals surface area contributed by atoms with Gasteiger partial charge < -0.3 is 25.4 Å². The summed E-state index contributed by atoms with van der Waals surface area (Å²) in [6.07, 6.45) is 2.82. The Kier molecular flexibility index (Phi) is 7.40. The molecule has 0 radical (unpaired) electrons. The Morgan fingerprint density at radius 3 is 2.45 bits per heavy atom. The molecule has 0 amide bonds. The molecule has 0 aromatic rings. The van der Waals surface area contributed by atoms with Crippen molar-refractivity contribution in [2.75, 3.05) is 13.2 Å². The number of aliphatic hydroxyl groups is 3. The van der Waals surface area contributed by atoms with E-state index in [1.807, 2.05) is 20.8 Å². The topological polar surface area (TPSA) is 82.0 Å². The molecule has 0 aliphatic heterocycles. The van der Waals surface area contributed by atoms with Gasteiger partial charge in [-0.3, -0.25) is 0 Å². The maximum atomic E-state index is 9.92. The van der Waals surface area contributed by atoms with Crippen molar-refractivity contribution in [3.8, 4) is 0 Å². The molecule has 5 nitrogen and oxygen atoms in total. The van der Waals surface area contributed by atoms with Crippen molar-refractivity contribution in [1.29, 1.82) is 0 Å². The van der Waals surface area contributed by atoms with Crippen LogP contribution in [0.15, 0.2) is 0 Å². The highest BCUT2D eigenvalue weighted by Gasteiger charge is 2.30. The van der Waals surface area contributed by atoms with Gasteiger partial charge in [-0.1, -0.05) is 33.6 Å². The SMILES string of the molecule is CCC(C)(C)C(O)OCCNC1CCCCC1C(O)O. The first-order chi connectivity index (χ1) is 9.38. The molecule has 1 saturated carbocycles. The second kappa shape index (κ2) is 8.29. The minimum absolute atomic E-state index is 0.0965. The van der Waals surface area contributed by atoms with Crippen LogP contribution in [0.1, 0.15) is 52.9 Å². The first kappa shape index (κ1) is 17.9. The predicted molar refractivity (Wildman–Crippen MR) is 78.0 cm³/mol. The summed E-state index contributed by atoms with van der Waals surface area (Å²) in [5, 5.41) is 32.0. The zero-order chi connectivity index (χ0) is 15.2. The Hall–Kier alpha value is -0.200. The first-order valence-electron chi connectivity index (χ1n) is 7.77. The lowest BCUT2D eigenvalue weighted by Gasteiger charge is -2.34. The lowest BCUT2D eigenvalue weighted by molar-refractivity contribution is -0.165. The summed E-state index contributed by atoms with van der Waals surface area (Å²) < 4.78 is 5.45.